The van der Waals surface area contributed by atoms with Crippen molar-refractivity contribution in [3.63, 3.8) is 0 Å². The first-order valence-electron chi connectivity index (χ1n) is 7.34. The molecule has 7 heteroatoms. The SMILES string of the molecule is CN(C(=O)CCN(c1ccccc1Cl)S(C)(=O)=O)c1ccccc1. The van der Waals surface area contributed by atoms with Crippen molar-refractivity contribution in [2.45, 2.75) is 6.42 Å². The Labute approximate surface area is 147 Å². The van der Waals surface area contributed by atoms with Gasteiger partial charge >= 0.3 is 0 Å². The number of halogens is 1. The predicted octanol–water partition coefficient (Wildman–Crippen LogP) is 3.16. The Bertz CT molecular complexity index is 810. The number of carbonyl (C=O) groups is 1. The van der Waals surface area contributed by atoms with Gasteiger partial charge in [-0.1, -0.05) is 41.9 Å². The molecule has 1 amide bonds. The van der Waals surface area contributed by atoms with Gasteiger partial charge in [-0.05, 0) is 24.3 Å². The number of nitrogens with zero attached hydrogens (tertiary/aromatic N) is 2. The number of rotatable bonds is 6. The zero-order chi connectivity index (χ0) is 17.7. The molecule has 2 aromatic rings. The van der Waals surface area contributed by atoms with E-state index in [1.807, 2.05) is 30.3 Å². The van der Waals surface area contributed by atoms with Gasteiger partial charge in [0.05, 0.1) is 17.0 Å². The minimum absolute atomic E-state index is 0.0264. The molecule has 0 radical (unpaired) electrons. The van der Waals surface area contributed by atoms with Crippen molar-refractivity contribution in [3.05, 3.63) is 59.6 Å². The van der Waals surface area contributed by atoms with E-state index in [0.29, 0.717) is 10.7 Å². The average molecular weight is 367 g/mol. The molecule has 5 nitrogen and oxygen atoms in total. The molecule has 2 rings (SSSR count). The molecule has 128 valence electrons. The molecule has 0 bridgehead atoms. The number of hydrogen-bond acceptors (Lipinski definition) is 3. The van der Waals surface area contributed by atoms with E-state index in [-0.39, 0.29) is 18.9 Å². The maximum Gasteiger partial charge on any atom is 0.232 e. The Balaban J connectivity index is 2.15. The van der Waals surface area contributed by atoms with E-state index in [1.54, 1.807) is 31.3 Å². The zero-order valence-electron chi connectivity index (χ0n) is 13.5. The van der Waals surface area contributed by atoms with Gasteiger partial charge in [0.2, 0.25) is 15.9 Å². The maximum absolute atomic E-state index is 12.4. The smallest absolute Gasteiger partial charge is 0.232 e. The third-order valence-corrected chi connectivity index (χ3v) is 5.07. The van der Waals surface area contributed by atoms with Crippen molar-refractivity contribution in [1.82, 2.24) is 0 Å². The van der Waals surface area contributed by atoms with Crippen LogP contribution >= 0.6 is 11.6 Å². The fraction of sp³-hybridized carbons (Fsp3) is 0.235. The summed E-state index contributed by atoms with van der Waals surface area (Å²) in [6, 6.07) is 15.8. The second-order valence-electron chi connectivity index (χ2n) is 5.32. The molecular formula is C17H19ClN2O3S. The molecule has 2 aromatic carbocycles. The summed E-state index contributed by atoms with van der Waals surface area (Å²) in [5.74, 6) is -0.179. The highest BCUT2D eigenvalue weighted by molar-refractivity contribution is 7.92. The van der Waals surface area contributed by atoms with E-state index in [2.05, 4.69) is 0 Å². The highest BCUT2D eigenvalue weighted by Gasteiger charge is 2.21. The molecular weight excluding hydrogens is 348 g/mol. The number of anilines is 2. The van der Waals surface area contributed by atoms with Crippen LogP contribution in [0.2, 0.25) is 5.02 Å². The van der Waals surface area contributed by atoms with Crippen molar-refractivity contribution in [2.24, 2.45) is 0 Å². The van der Waals surface area contributed by atoms with E-state index in [9.17, 15) is 13.2 Å². The highest BCUT2D eigenvalue weighted by atomic mass is 35.5. The molecule has 24 heavy (non-hydrogen) atoms. The normalized spacial score (nSPS) is 11.1. The Hall–Kier alpha value is -2.05. The molecule has 0 spiro atoms. The lowest BCUT2D eigenvalue weighted by molar-refractivity contribution is -0.118. The summed E-state index contributed by atoms with van der Waals surface area (Å²) in [6.45, 7) is 0.0264. The first kappa shape index (κ1) is 18.3. The minimum atomic E-state index is -3.55. The van der Waals surface area contributed by atoms with Gasteiger partial charge in [0, 0.05) is 25.7 Å². The van der Waals surface area contributed by atoms with Gasteiger partial charge in [-0.2, -0.15) is 0 Å². The summed E-state index contributed by atoms with van der Waals surface area (Å²) < 4.78 is 25.3. The molecule has 0 atom stereocenters. The van der Waals surface area contributed by atoms with Gasteiger partial charge < -0.3 is 4.90 Å². The van der Waals surface area contributed by atoms with Gasteiger partial charge in [0.1, 0.15) is 0 Å². The lowest BCUT2D eigenvalue weighted by atomic mass is 10.2. The molecule has 0 heterocycles. The Morgan fingerprint density at radius 1 is 1.04 bits per heavy atom. The van der Waals surface area contributed by atoms with Crippen molar-refractivity contribution in [2.75, 3.05) is 29.1 Å². The van der Waals surface area contributed by atoms with Gasteiger partial charge in [-0.3, -0.25) is 9.10 Å². The second-order valence-corrected chi connectivity index (χ2v) is 7.64. The van der Waals surface area contributed by atoms with Crippen LogP contribution in [-0.2, 0) is 14.8 Å². The van der Waals surface area contributed by atoms with E-state index in [4.69, 9.17) is 11.6 Å². The molecule has 0 fully saturated rings. The summed E-state index contributed by atoms with van der Waals surface area (Å²) in [7, 11) is -1.88. The molecule has 0 unspecified atom stereocenters. The number of para-hydroxylation sites is 2. The quantitative estimate of drug-likeness (QED) is 0.789. The second kappa shape index (κ2) is 7.68. The summed E-state index contributed by atoms with van der Waals surface area (Å²) in [5, 5.41) is 0.326. The number of amides is 1. The van der Waals surface area contributed by atoms with E-state index in [0.717, 1.165) is 16.2 Å². The summed E-state index contributed by atoms with van der Waals surface area (Å²) in [5.41, 5.74) is 1.13. The van der Waals surface area contributed by atoms with Crippen LogP contribution in [0.1, 0.15) is 6.42 Å². The molecule has 0 aliphatic rings. The van der Waals surface area contributed by atoms with Crippen LogP contribution in [-0.4, -0.2) is 34.2 Å². The van der Waals surface area contributed by atoms with Gasteiger partial charge in [0.15, 0.2) is 0 Å². The van der Waals surface area contributed by atoms with Crippen molar-refractivity contribution in [1.29, 1.82) is 0 Å². The van der Waals surface area contributed by atoms with Crippen LogP contribution in [0.25, 0.3) is 0 Å². The van der Waals surface area contributed by atoms with Gasteiger partial charge in [0.25, 0.3) is 0 Å². The summed E-state index contributed by atoms with van der Waals surface area (Å²) in [6.07, 6.45) is 1.14. The van der Waals surface area contributed by atoms with Crippen LogP contribution in [0.15, 0.2) is 54.6 Å². The molecule has 0 saturated carbocycles. The molecule has 0 aliphatic heterocycles. The molecule has 0 aromatic heterocycles. The largest absolute Gasteiger partial charge is 0.315 e. The van der Waals surface area contributed by atoms with E-state index < -0.39 is 10.0 Å². The van der Waals surface area contributed by atoms with E-state index >= 15 is 0 Å². The lowest BCUT2D eigenvalue weighted by Crippen LogP contribution is -2.35. The van der Waals surface area contributed by atoms with Gasteiger partial charge in [-0.25, -0.2) is 8.42 Å². The van der Waals surface area contributed by atoms with Crippen LogP contribution in [0.4, 0.5) is 11.4 Å². The standard InChI is InChI=1S/C17H19ClN2O3S/c1-19(14-8-4-3-5-9-14)17(21)12-13-20(24(2,22)23)16-11-7-6-10-15(16)18/h3-11H,12-13H2,1-2H3. The van der Waals surface area contributed by atoms with Crippen LogP contribution in [0.5, 0.6) is 0 Å². The number of carbonyl (C=O) groups excluding carboxylic acids is 1. The van der Waals surface area contributed by atoms with Crippen LogP contribution in [0, 0.1) is 0 Å². The molecule has 0 aliphatic carbocycles. The Morgan fingerprint density at radius 2 is 1.62 bits per heavy atom. The topological polar surface area (TPSA) is 57.7 Å². The van der Waals surface area contributed by atoms with Crippen LogP contribution in [0.3, 0.4) is 0 Å². The number of sulfonamides is 1. The number of benzene rings is 2. The fourth-order valence-electron chi connectivity index (χ4n) is 2.28. The first-order valence-corrected chi connectivity index (χ1v) is 9.57. The molecule has 0 saturated heterocycles. The van der Waals surface area contributed by atoms with Crippen molar-refractivity contribution >= 4 is 38.9 Å². The Morgan fingerprint density at radius 3 is 2.21 bits per heavy atom. The third-order valence-electron chi connectivity index (χ3n) is 3.57. The van der Waals surface area contributed by atoms with E-state index in [1.165, 1.54) is 4.90 Å². The first-order chi connectivity index (χ1) is 11.3. The Kier molecular flexibility index (Phi) is 5.85. The van der Waals surface area contributed by atoms with Gasteiger partial charge in [-0.15, -0.1) is 0 Å². The monoisotopic (exact) mass is 366 g/mol. The third kappa shape index (κ3) is 4.49. The predicted molar refractivity (Wildman–Crippen MR) is 98.1 cm³/mol. The summed E-state index contributed by atoms with van der Waals surface area (Å²) in [4.78, 5) is 13.9. The average Bonchev–Trinajstić information content (AvgIpc) is 2.55. The highest BCUT2D eigenvalue weighted by Crippen LogP contribution is 2.27. The maximum atomic E-state index is 12.4. The van der Waals surface area contributed by atoms with Crippen molar-refractivity contribution in [3.8, 4) is 0 Å². The van der Waals surface area contributed by atoms with Crippen LogP contribution < -0.4 is 9.21 Å². The zero-order valence-corrected chi connectivity index (χ0v) is 15.1. The molecule has 0 N–H and O–H groups in total. The van der Waals surface area contributed by atoms with Crippen molar-refractivity contribution < 1.29 is 13.2 Å². The lowest BCUT2D eigenvalue weighted by Gasteiger charge is -2.24. The summed E-state index contributed by atoms with van der Waals surface area (Å²) >= 11 is 6.10. The minimum Gasteiger partial charge on any atom is -0.315 e. The number of hydrogen-bond donors (Lipinski definition) is 0. The fourth-order valence-corrected chi connectivity index (χ4v) is 3.51.